The second-order valence-electron chi connectivity index (χ2n) is 3.64. The predicted octanol–water partition coefficient (Wildman–Crippen LogP) is 1.35. The molecule has 0 amide bonds. The van der Waals surface area contributed by atoms with Gasteiger partial charge in [-0.1, -0.05) is 6.92 Å². The Balaban J connectivity index is 2.74. The van der Waals surface area contributed by atoms with E-state index in [1.54, 1.807) is 0 Å². The highest BCUT2D eigenvalue weighted by atomic mass is 15.3. The van der Waals surface area contributed by atoms with E-state index < -0.39 is 0 Å². The van der Waals surface area contributed by atoms with Crippen molar-refractivity contribution in [2.75, 3.05) is 6.54 Å². The first kappa shape index (κ1) is 10.3. The molecular formula is C10H19N3. The summed E-state index contributed by atoms with van der Waals surface area (Å²) in [5.41, 5.74) is 7.99. The lowest BCUT2D eigenvalue weighted by Gasteiger charge is -2.09. The molecule has 0 aliphatic rings. The van der Waals surface area contributed by atoms with E-state index in [2.05, 4.69) is 29.7 Å². The highest BCUT2D eigenvalue weighted by molar-refractivity contribution is 5.09. The average Bonchev–Trinajstić information content (AvgIpc) is 2.46. The van der Waals surface area contributed by atoms with Crippen LogP contribution < -0.4 is 5.73 Å². The summed E-state index contributed by atoms with van der Waals surface area (Å²) in [6, 6.07) is 2.15. The predicted molar refractivity (Wildman–Crippen MR) is 54.6 cm³/mol. The van der Waals surface area contributed by atoms with Crippen LogP contribution >= 0.6 is 0 Å². The molecule has 0 saturated carbocycles. The van der Waals surface area contributed by atoms with Gasteiger partial charge in [0.2, 0.25) is 0 Å². The molecule has 2 N–H and O–H groups in total. The monoisotopic (exact) mass is 181 g/mol. The zero-order valence-corrected chi connectivity index (χ0v) is 8.75. The highest BCUT2D eigenvalue weighted by Crippen LogP contribution is 2.09. The molecule has 0 saturated heterocycles. The van der Waals surface area contributed by atoms with Crippen molar-refractivity contribution in [2.45, 2.75) is 33.7 Å². The molecule has 1 aromatic rings. The Morgan fingerprint density at radius 2 is 2.31 bits per heavy atom. The first-order valence-electron chi connectivity index (χ1n) is 4.90. The van der Waals surface area contributed by atoms with E-state index in [-0.39, 0.29) is 0 Å². The molecule has 0 fully saturated rings. The minimum Gasteiger partial charge on any atom is -0.330 e. The van der Waals surface area contributed by atoms with Crippen LogP contribution in [-0.4, -0.2) is 16.3 Å². The van der Waals surface area contributed by atoms with E-state index in [4.69, 9.17) is 5.73 Å². The van der Waals surface area contributed by atoms with Crippen molar-refractivity contribution in [3.8, 4) is 0 Å². The van der Waals surface area contributed by atoms with E-state index in [0.717, 1.165) is 25.2 Å². The Bertz CT molecular complexity index is 265. The van der Waals surface area contributed by atoms with Gasteiger partial charge in [0.25, 0.3) is 0 Å². The topological polar surface area (TPSA) is 43.8 Å². The van der Waals surface area contributed by atoms with Gasteiger partial charge < -0.3 is 5.73 Å². The van der Waals surface area contributed by atoms with Crippen LogP contribution in [0.3, 0.4) is 0 Å². The van der Waals surface area contributed by atoms with Gasteiger partial charge in [-0.3, -0.25) is 4.68 Å². The van der Waals surface area contributed by atoms with E-state index in [0.29, 0.717) is 5.92 Å². The lowest BCUT2D eigenvalue weighted by molar-refractivity contribution is 0.537. The maximum absolute atomic E-state index is 5.59. The molecule has 0 aliphatic carbocycles. The molecule has 0 radical (unpaired) electrons. The molecule has 3 heteroatoms. The van der Waals surface area contributed by atoms with E-state index in [1.165, 1.54) is 5.69 Å². The molecule has 13 heavy (non-hydrogen) atoms. The molecule has 3 nitrogen and oxygen atoms in total. The van der Waals surface area contributed by atoms with Crippen molar-refractivity contribution < 1.29 is 0 Å². The fourth-order valence-corrected chi connectivity index (χ4v) is 1.48. The summed E-state index contributed by atoms with van der Waals surface area (Å²) >= 11 is 0. The number of aryl methyl sites for hydroxylation is 2. The highest BCUT2D eigenvalue weighted by Gasteiger charge is 2.07. The molecule has 1 unspecified atom stereocenters. The van der Waals surface area contributed by atoms with Gasteiger partial charge in [0.1, 0.15) is 0 Å². The number of nitrogens with two attached hydrogens (primary N) is 1. The Kier molecular flexibility index (Phi) is 3.48. The molecule has 1 atom stereocenters. The van der Waals surface area contributed by atoms with E-state index in [9.17, 15) is 0 Å². The van der Waals surface area contributed by atoms with E-state index >= 15 is 0 Å². The van der Waals surface area contributed by atoms with Crippen LogP contribution in [0.2, 0.25) is 0 Å². The first-order valence-corrected chi connectivity index (χ1v) is 4.90. The van der Waals surface area contributed by atoms with Crippen molar-refractivity contribution in [2.24, 2.45) is 11.7 Å². The SMILES string of the molecule is CCn1nc(C)cc1CC(C)CN. The quantitative estimate of drug-likeness (QED) is 0.762. The third-order valence-electron chi connectivity index (χ3n) is 2.24. The number of rotatable bonds is 4. The van der Waals surface area contributed by atoms with E-state index in [1.807, 2.05) is 6.92 Å². The molecule has 1 heterocycles. The minimum atomic E-state index is 0.543. The van der Waals surface area contributed by atoms with Gasteiger partial charge in [-0.15, -0.1) is 0 Å². The average molecular weight is 181 g/mol. The summed E-state index contributed by atoms with van der Waals surface area (Å²) in [7, 11) is 0. The van der Waals surface area contributed by atoms with Gasteiger partial charge in [-0.25, -0.2) is 0 Å². The summed E-state index contributed by atoms with van der Waals surface area (Å²) in [5.74, 6) is 0.543. The third kappa shape index (κ3) is 2.56. The molecule has 1 aromatic heterocycles. The fourth-order valence-electron chi connectivity index (χ4n) is 1.48. The zero-order chi connectivity index (χ0) is 9.84. The van der Waals surface area contributed by atoms with Gasteiger partial charge in [-0.05, 0) is 38.8 Å². The maximum atomic E-state index is 5.59. The minimum absolute atomic E-state index is 0.543. The molecule has 0 aliphatic heterocycles. The normalized spacial score (nSPS) is 13.2. The van der Waals surface area contributed by atoms with Crippen LogP contribution in [0.1, 0.15) is 25.2 Å². The zero-order valence-electron chi connectivity index (χ0n) is 8.75. The summed E-state index contributed by atoms with van der Waals surface area (Å²) in [4.78, 5) is 0. The molecule has 1 rings (SSSR count). The van der Waals surface area contributed by atoms with Crippen molar-refractivity contribution in [1.82, 2.24) is 9.78 Å². The largest absolute Gasteiger partial charge is 0.330 e. The van der Waals surface area contributed by atoms with Gasteiger partial charge in [-0.2, -0.15) is 5.10 Å². The van der Waals surface area contributed by atoms with Gasteiger partial charge >= 0.3 is 0 Å². The van der Waals surface area contributed by atoms with Crippen molar-refractivity contribution in [3.63, 3.8) is 0 Å². The van der Waals surface area contributed by atoms with Crippen molar-refractivity contribution in [3.05, 3.63) is 17.5 Å². The second kappa shape index (κ2) is 4.42. The van der Waals surface area contributed by atoms with Gasteiger partial charge in [0.05, 0.1) is 5.69 Å². The first-order chi connectivity index (χ1) is 6.17. The van der Waals surface area contributed by atoms with Crippen molar-refractivity contribution >= 4 is 0 Å². The summed E-state index contributed by atoms with van der Waals surface area (Å²) in [6.07, 6.45) is 1.03. The number of nitrogens with zero attached hydrogens (tertiary/aromatic N) is 2. The van der Waals surface area contributed by atoms with Crippen LogP contribution in [0.4, 0.5) is 0 Å². The van der Waals surface area contributed by atoms with Crippen molar-refractivity contribution in [1.29, 1.82) is 0 Å². The summed E-state index contributed by atoms with van der Waals surface area (Å²) in [6.45, 7) is 8.00. The number of hydrogen-bond acceptors (Lipinski definition) is 2. The molecule has 74 valence electrons. The number of aromatic nitrogens is 2. The molecular weight excluding hydrogens is 162 g/mol. The van der Waals surface area contributed by atoms with Crippen LogP contribution in [0, 0.1) is 12.8 Å². The van der Waals surface area contributed by atoms with Crippen LogP contribution in [0.15, 0.2) is 6.07 Å². The summed E-state index contributed by atoms with van der Waals surface area (Å²) < 4.78 is 2.06. The Labute approximate surface area is 79.9 Å². The molecule has 0 aromatic carbocycles. The Morgan fingerprint density at radius 1 is 1.62 bits per heavy atom. The summed E-state index contributed by atoms with van der Waals surface area (Å²) in [5, 5.41) is 4.39. The number of hydrogen-bond donors (Lipinski definition) is 1. The third-order valence-corrected chi connectivity index (χ3v) is 2.24. The maximum Gasteiger partial charge on any atom is 0.0596 e. The standard InChI is InChI=1S/C10H19N3/c1-4-13-10(5-8(2)7-11)6-9(3)12-13/h6,8H,4-5,7,11H2,1-3H3. The lowest BCUT2D eigenvalue weighted by Crippen LogP contribution is -2.15. The Hall–Kier alpha value is -0.830. The Morgan fingerprint density at radius 3 is 2.85 bits per heavy atom. The van der Waals surface area contributed by atoms with Crippen LogP contribution in [-0.2, 0) is 13.0 Å². The lowest BCUT2D eigenvalue weighted by atomic mass is 10.1. The van der Waals surface area contributed by atoms with Crippen LogP contribution in [0.25, 0.3) is 0 Å². The fraction of sp³-hybridized carbons (Fsp3) is 0.700. The second-order valence-corrected chi connectivity index (χ2v) is 3.64. The molecule has 0 bridgehead atoms. The van der Waals surface area contributed by atoms with Crippen LogP contribution in [0.5, 0.6) is 0 Å². The van der Waals surface area contributed by atoms with Gasteiger partial charge in [0.15, 0.2) is 0 Å². The molecule has 0 spiro atoms. The van der Waals surface area contributed by atoms with Gasteiger partial charge in [0, 0.05) is 12.2 Å². The smallest absolute Gasteiger partial charge is 0.0596 e.